The molecule has 1 saturated heterocycles. The first-order valence-corrected chi connectivity index (χ1v) is 12.4. The molecule has 0 bridgehead atoms. The number of carbonyl (C=O) groups excluding carboxylic acids is 2. The first-order valence-electron chi connectivity index (χ1n) is 11.5. The Morgan fingerprint density at radius 3 is 2.64 bits per heavy atom. The minimum atomic E-state index is -0.180. The van der Waals surface area contributed by atoms with Crippen LogP contribution in [0.4, 0.5) is 0 Å². The van der Waals surface area contributed by atoms with Gasteiger partial charge in [-0.15, -0.1) is 11.3 Å². The van der Waals surface area contributed by atoms with Gasteiger partial charge in [-0.2, -0.15) is 0 Å². The maximum atomic E-state index is 13.6. The summed E-state index contributed by atoms with van der Waals surface area (Å²) < 4.78 is 16.7. The van der Waals surface area contributed by atoms with Gasteiger partial charge in [-0.25, -0.2) is 0 Å². The van der Waals surface area contributed by atoms with Crippen LogP contribution < -0.4 is 9.47 Å². The maximum absolute atomic E-state index is 13.6. The number of aryl methyl sites for hydroxylation is 1. The fourth-order valence-electron chi connectivity index (χ4n) is 4.13. The van der Waals surface area contributed by atoms with E-state index in [2.05, 4.69) is 13.0 Å². The van der Waals surface area contributed by atoms with Crippen molar-refractivity contribution in [1.82, 2.24) is 9.80 Å². The quantitative estimate of drug-likeness (QED) is 0.552. The average molecular weight is 473 g/mol. The molecule has 2 aromatic rings. The third-order valence-electron chi connectivity index (χ3n) is 6.05. The van der Waals surface area contributed by atoms with Crippen molar-refractivity contribution in [1.29, 1.82) is 0 Å². The van der Waals surface area contributed by atoms with Gasteiger partial charge in [-0.3, -0.25) is 9.59 Å². The Labute approximate surface area is 199 Å². The third-order valence-corrected chi connectivity index (χ3v) is 7.05. The highest BCUT2D eigenvalue weighted by atomic mass is 32.1. The summed E-state index contributed by atoms with van der Waals surface area (Å²) in [7, 11) is 0. The zero-order valence-corrected chi connectivity index (χ0v) is 20.4. The number of fused-ring (bicyclic) bond motifs is 1. The molecule has 7 nitrogen and oxygen atoms in total. The van der Waals surface area contributed by atoms with Crippen LogP contribution in [0.15, 0.2) is 29.6 Å². The molecule has 1 aromatic carbocycles. The number of rotatable bonds is 9. The van der Waals surface area contributed by atoms with Crippen molar-refractivity contribution < 1.29 is 23.8 Å². The van der Waals surface area contributed by atoms with E-state index in [0.717, 1.165) is 41.2 Å². The predicted molar refractivity (Wildman–Crippen MR) is 126 cm³/mol. The van der Waals surface area contributed by atoms with E-state index in [4.69, 9.17) is 14.2 Å². The first-order chi connectivity index (χ1) is 15.9. The largest absolute Gasteiger partial charge is 0.454 e. The molecular formula is C25H32N2O5S. The van der Waals surface area contributed by atoms with Crippen molar-refractivity contribution in [2.45, 2.75) is 52.8 Å². The Morgan fingerprint density at radius 1 is 1.12 bits per heavy atom. The van der Waals surface area contributed by atoms with E-state index in [9.17, 15) is 9.59 Å². The van der Waals surface area contributed by atoms with Crippen molar-refractivity contribution in [3.63, 3.8) is 0 Å². The summed E-state index contributed by atoms with van der Waals surface area (Å²) >= 11 is 1.64. The summed E-state index contributed by atoms with van der Waals surface area (Å²) in [5, 5.41) is 2.04. The van der Waals surface area contributed by atoms with Gasteiger partial charge >= 0.3 is 0 Å². The number of thiophene rings is 1. The molecule has 0 N–H and O–H groups in total. The number of nitrogens with zero attached hydrogens (tertiary/aromatic N) is 2. The average Bonchev–Trinajstić information content (AvgIpc) is 3.55. The van der Waals surface area contributed by atoms with Crippen LogP contribution >= 0.6 is 11.3 Å². The monoisotopic (exact) mass is 472 g/mol. The molecule has 0 radical (unpaired) electrons. The van der Waals surface area contributed by atoms with Crippen molar-refractivity contribution in [3.8, 4) is 11.5 Å². The predicted octanol–water partition coefficient (Wildman–Crippen LogP) is 3.98. The number of amides is 2. The molecule has 8 heteroatoms. The molecule has 2 amide bonds. The van der Waals surface area contributed by atoms with Gasteiger partial charge in [0.1, 0.15) is 0 Å². The van der Waals surface area contributed by atoms with Crippen LogP contribution in [0.1, 0.15) is 42.7 Å². The summed E-state index contributed by atoms with van der Waals surface area (Å²) in [4.78, 5) is 31.1. The van der Waals surface area contributed by atoms with Crippen LogP contribution in [0.25, 0.3) is 0 Å². The maximum Gasteiger partial charge on any atom is 0.242 e. The number of benzene rings is 1. The van der Waals surface area contributed by atoms with Gasteiger partial charge in [0, 0.05) is 30.5 Å². The molecule has 2 aliphatic heterocycles. The lowest BCUT2D eigenvalue weighted by Gasteiger charge is -2.30. The molecular weight excluding hydrogens is 440 g/mol. The molecule has 0 spiro atoms. The second kappa shape index (κ2) is 10.6. The highest BCUT2D eigenvalue weighted by molar-refractivity contribution is 7.10. The van der Waals surface area contributed by atoms with Gasteiger partial charge in [-0.05, 0) is 54.5 Å². The van der Waals surface area contributed by atoms with Crippen LogP contribution in [0.3, 0.4) is 0 Å². The van der Waals surface area contributed by atoms with E-state index in [-0.39, 0.29) is 37.2 Å². The molecule has 33 heavy (non-hydrogen) atoms. The van der Waals surface area contributed by atoms with Crippen LogP contribution in [0.5, 0.6) is 11.5 Å². The number of ether oxygens (including phenoxy) is 3. The molecule has 0 unspecified atom stereocenters. The Bertz CT molecular complexity index is 983. The smallest absolute Gasteiger partial charge is 0.242 e. The lowest BCUT2D eigenvalue weighted by molar-refractivity contribution is -0.144. The normalized spacial score (nSPS) is 16.9. The highest BCUT2D eigenvalue weighted by Crippen LogP contribution is 2.33. The lowest BCUT2D eigenvalue weighted by Crippen LogP contribution is -2.46. The Balaban J connectivity index is 1.52. The van der Waals surface area contributed by atoms with Crippen LogP contribution in [-0.2, 0) is 27.4 Å². The van der Waals surface area contributed by atoms with E-state index in [1.165, 1.54) is 0 Å². The fourth-order valence-corrected chi connectivity index (χ4v) is 5.05. The molecule has 2 aliphatic rings. The minimum absolute atomic E-state index is 0.00218. The van der Waals surface area contributed by atoms with Crippen molar-refractivity contribution >= 4 is 23.2 Å². The fraction of sp³-hybridized carbons (Fsp3) is 0.520. The summed E-state index contributed by atoms with van der Waals surface area (Å²) in [5.41, 5.74) is 2.13. The number of carbonyl (C=O) groups is 2. The van der Waals surface area contributed by atoms with Gasteiger partial charge in [0.15, 0.2) is 11.5 Å². The van der Waals surface area contributed by atoms with Gasteiger partial charge in [-0.1, -0.05) is 19.9 Å². The lowest BCUT2D eigenvalue weighted by atomic mass is 10.1. The van der Waals surface area contributed by atoms with E-state index in [1.807, 2.05) is 42.3 Å². The molecule has 1 aromatic heterocycles. The third kappa shape index (κ3) is 5.86. The van der Waals surface area contributed by atoms with Gasteiger partial charge in [0.05, 0.1) is 19.2 Å². The minimum Gasteiger partial charge on any atom is -0.454 e. The zero-order valence-electron chi connectivity index (χ0n) is 19.5. The van der Waals surface area contributed by atoms with Crippen molar-refractivity contribution in [2.24, 2.45) is 5.92 Å². The summed E-state index contributed by atoms with van der Waals surface area (Å²) in [5.74, 6) is 1.14. The standard InChI is InChI=1S/C25H32N2O5S/c1-17(2)25(29)27(13-20-5-4-9-30-20)15-24(28)26(14-23-18(3)8-10-33-23)12-19-6-7-21-22(11-19)32-16-31-21/h6-8,10-11,17,20H,4-5,9,12-16H2,1-3H3/t20-/m0/s1. The summed E-state index contributed by atoms with van der Waals surface area (Å²) in [6.45, 7) is 8.16. The summed E-state index contributed by atoms with van der Waals surface area (Å²) in [6, 6.07) is 7.82. The first kappa shape index (κ1) is 23.6. The van der Waals surface area contributed by atoms with Crippen molar-refractivity contribution in [3.05, 3.63) is 45.6 Å². The summed E-state index contributed by atoms with van der Waals surface area (Å²) in [6.07, 6.45) is 1.92. The molecule has 0 aliphatic carbocycles. The molecule has 4 rings (SSSR count). The Kier molecular flexibility index (Phi) is 7.55. The van der Waals surface area contributed by atoms with Crippen LogP contribution in [0, 0.1) is 12.8 Å². The molecule has 1 fully saturated rings. The second-order valence-corrected chi connectivity index (χ2v) is 9.97. The molecule has 3 heterocycles. The highest BCUT2D eigenvalue weighted by Gasteiger charge is 2.28. The second-order valence-electron chi connectivity index (χ2n) is 8.97. The van der Waals surface area contributed by atoms with Crippen molar-refractivity contribution in [2.75, 3.05) is 26.5 Å². The van der Waals surface area contributed by atoms with Crippen LogP contribution in [-0.4, -0.2) is 54.2 Å². The SMILES string of the molecule is Cc1ccsc1CN(Cc1ccc2c(c1)OCO2)C(=O)CN(C[C@@H]1CCCO1)C(=O)C(C)C. The Hall–Kier alpha value is -2.58. The molecule has 1 atom stereocenters. The Morgan fingerprint density at radius 2 is 1.94 bits per heavy atom. The van der Waals surface area contributed by atoms with Gasteiger partial charge in [0.2, 0.25) is 18.6 Å². The van der Waals surface area contributed by atoms with E-state index in [1.54, 1.807) is 16.2 Å². The number of hydrogen-bond donors (Lipinski definition) is 0. The number of hydrogen-bond acceptors (Lipinski definition) is 6. The van der Waals surface area contributed by atoms with Crippen LogP contribution in [0.2, 0.25) is 0 Å². The van der Waals surface area contributed by atoms with E-state index < -0.39 is 0 Å². The van der Waals surface area contributed by atoms with E-state index in [0.29, 0.717) is 25.4 Å². The topological polar surface area (TPSA) is 68.3 Å². The van der Waals surface area contributed by atoms with Gasteiger partial charge in [0.25, 0.3) is 0 Å². The molecule has 178 valence electrons. The van der Waals surface area contributed by atoms with E-state index >= 15 is 0 Å². The zero-order chi connectivity index (χ0) is 23.4. The van der Waals surface area contributed by atoms with Gasteiger partial charge < -0.3 is 24.0 Å². The molecule has 0 saturated carbocycles.